The molecule has 2 aromatic rings. The number of carboxylic acid groups (broad SMARTS) is 1. The fourth-order valence-electron chi connectivity index (χ4n) is 3.97. The second-order valence-electron chi connectivity index (χ2n) is 7.98. The fraction of sp³-hybridized carbons (Fsp3) is 0.348. The molecule has 7 heteroatoms. The number of rotatable bonds is 5. The first-order valence-electron chi connectivity index (χ1n) is 9.79. The van der Waals surface area contributed by atoms with Crippen LogP contribution in [0.25, 0.3) is 11.1 Å². The quantitative estimate of drug-likeness (QED) is 0.611. The molecule has 0 unspecified atom stereocenters. The maximum atomic E-state index is 13.1. The first-order chi connectivity index (χ1) is 14.1. The summed E-state index contributed by atoms with van der Waals surface area (Å²) >= 11 is 1.28. The predicted molar refractivity (Wildman–Crippen MR) is 119 cm³/mol. The molecule has 2 amide bonds. The monoisotopic (exact) mass is 426 g/mol. The van der Waals surface area contributed by atoms with Crippen molar-refractivity contribution in [2.24, 2.45) is 17.6 Å². The summed E-state index contributed by atoms with van der Waals surface area (Å²) in [5.74, 6) is -3.50. The van der Waals surface area contributed by atoms with Crippen LogP contribution in [0, 0.1) is 25.7 Å². The van der Waals surface area contributed by atoms with E-state index in [0.717, 1.165) is 27.2 Å². The topological polar surface area (TPSA) is 109 Å². The predicted octanol–water partition coefficient (Wildman–Crippen LogP) is 4.52. The smallest absolute Gasteiger partial charge is 0.307 e. The Hall–Kier alpha value is -2.93. The summed E-state index contributed by atoms with van der Waals surface area (Å²) < 4.78 is 0. The van der Waals surface area contributed by atoms with Crippen LogP contribution in [0.15, 0.2) is 35.4 Å². The molecule has 0 aliphatic heterocycles. The van der Waals surface area contributed by atoms with Gasteiger partial charge in [0.15, 0.2) is 0 Å². The summed E-state index contributed by atoms with van der Waals surface area (Å²) in [6, 6.07) is 7.74. The maximum absolute atomic E-state index is 13.1. The largest absolute Gasteiger partial charge is 0.481 e. The standard InChI is InChI=1S/C23H26N2O4S/c1-11-5-7-15(8-6-11)18-14(4)30-22(19(18)20(24)26)25-21(27)16-9-12(2)13(3)10-17(16)23(28)29/h5-8,16-17H,9-10H2,1-4H3,(H2,24,26)(H,25,27)(H,28,29)/t16-,17-/m0/s1. The van der Waals surface area contributed by atoms with Crippen molar-refractivity contribution >= 4 is 34.1 Å². The molecule has 6 nitrogen and oxygen atoms in total. The number of hydrogen-bond acceptors (Lipinski definition) is 4. The summed E-state index contributed by atoms with van der Waals surface area (Å²) in [6.07, 6.45) is 0.732. The molecule has 30 heavy (non-hydrogen) atoms. The van der Waals surface area contributed by atoms with Crippen molar-refractivity contribution in [2.45, 2.75) is 40.5 Å². The summed E-state index contributed by atoms with van der Waals surface area (Å²) in [7, 11) is 0. The van der Waals surface area contributed by atoms with Gasteiger partial charge in [0.1, 0.15) is 5.00 Å². The molecule has 1 aliphatic rings. The van der Waals surface area contributed by atoms with Crippen molar-refractivity contribution in [1.29, 1.82) is 0 Å². The third kappa shape index (κ3) is 4.16. The van der Waals surface area contributed by atoms with Gasteiger partial charge in [-0.1, -0.05) is 41.0 Å². The number of thiophene rings is 1. The summed E-state index contributed by atoms with van der Waals surface area (Å²) in [6.45, 7) is 7.68. The number of primary amides is 1. The molecule has 2 atom stereocenters. The zero-order valence-electron chi connectivity index (χ0n) is 17.5. The number of aryl methyl sites for hydroxylation is 2. The zero-order valence-corrected chi connectivity index (χ0v) is 18.4. The Balaban J connectivity index is 1.97. The minimum atomic E-state index is -0.986. The third-order valence-corrected chi connectivity index (χ3v) is 6.85. The number of benzene rings is 1. The number of nitrogens with one attached hydrogen (secondary N) is 1. The molecule has 0 fully saturated rings. The molecule has 4 N–H and O–H groups in total. The number of aliphatic carboxylic acids is 1. The molecule has 0 saturated heterocycles. The van der Waals surface area contributed by atoms with Crippen molar-refractivity contribution in [3.63, 3.8) is 0 Å². The van der Waals surface area contributed by atoms with Crippen molar-refractivity contribution in [2.75, 3.05) is 5.32 Å². The van der Waals surface area contributed by atoms with Gasteiger partial charge in [-0.3, -0.25) is 14.4 Å². The summed E-state index contributed by atoms with van der Waals surface area (Å²) in [5, 5.41) is 12.8. The van der Waals surface area contributed by atoms with E-state index in [9.17, 15) is 19.5 Å². The van der Waals surface area contributed by atoms with E-state index < -0.39 is 29.6 Å². The molecule has 158 valence electrons. The molecule has 0 saturated carbocycles. The molecular formula is C23H26N2O4S. The Morgan fingerprint density at radius 2 is 1.57 bits per heavy atom. The highest BCUT2D eigenvalue weighted by molar-refractivity contribution is 7.17. The summed E-state index contributed by atoms with van der Waals surface area (Å²) in [5.41, 5.74) is 10.6. The van der Waals surface area contributed by atoms with Crippen molar-refractivity contribution in [3.05, 3.63) is 51.4 Å². The maximum Gasteiger partial charge on any atom is 0.307 e. The lowest BCUT2D eigenvalue weighted by Gasteiger charge is -2.29. The minimum absolute atomic E-state index is 0.265. The van der Waals surface area contributed by atoms with Crippen molar-refractivity contribution < 1.29 is 19.5 Å². The Kier molecular flexibility index (Phi) is 6.12. The third-order valence-electron chi connectivity index (χ3n) is 5.83. The van der Waals surface area contributed by atoms with E-state index in [1.165, 1.54) is 11.3 Å². The van der Waals surface area contributed by atoms with Crippen LogP contribution >= 0.6 is 11.3 Å². The van der Waals surface area contributed by atoms with Crippen LogP contribution in [0.3, 0.4) is 0 Å². The molecule has 0 spiro atoms. The van der Waals surface area contributed by atoms with E-state index >= 15 is 0 Å². The van der Waals surface area contributed by atoms with Gasteiger partial charge in [0.25, 0.3) is 5.91 Å². The Bertz CT molecular complexity index is 1050. The van der Waals surface area contributed by atoms with Crippen LogP contribution in [0.5, 0.6) is 0 Å². The lowest BCUT2D eigenvalue weighted by atomic mass is 9.76. The lowest BCUT2D eigenvalue weighted by Crippen LogP contribution is -2.36. The number of amides is 2. The Morgan fingerprint density at radius 3 is 2.10 bits per heavy atom. The van der Waals surface area contributed by atoms with Gasteiger partial charge in [-0.05, 0) is 46.1 Å². The van der Waals surface area contributed by atoms with Gasteiger partial charge in [-0.15, -0.1) is 11.3 Å². The number of hydrogen-bond donors (Lipinski definition) is 3. The number of carbonyl (C=O) groups is 3. The zero-order chi connectivity index (χ0) is 22.2. The highest BCUT2D eigenvalue weighted by Crippen LogP contribution is 2.41. The minimum Gasteiger partial charge on any atom is -0.481 e. The van der Waals surface area contributed by atoms with Crippen molar-refractivity contribution in [3.8, 4) is 11.1 Å². The normalized spacial score (nSPS) is 18.9. The van der Waals surface area contributed by atoms with Gasteiger partial charge >= 0.3 is 5.97 Å². The number of anilines is 1. The molecular weight excluding hydrogens is 400 g/mol. The molecule has 0 bridgehead atoms. The van der Waals surface area contributed by atoms with E-state index in [4.69, 9.17) is 5.73 Å². The molecule has 3 rings (SSSR count). The Labute approximate surface area is 179 Å². The number of carboxylic acids is 1. The average Bonchev–Trinajstić information content (AvgIpc) is 2.99. The van der Waals surface area contributed by atoms with Gasteiger partial charge in [0.2, 0.25) is 5.91 Å². The fourth-order valence-corrected chi connectivity index (χ4v) is 5.05. The lowest BCUT2D eigenvalue weighted by molar-refractivity contribution is -0.146. The van der Waals surface area contributed by atoms with Gasteiger partial charge in [-0.2, -0.15) is 0 Å². The van der Waals surface area contributed by atoms with E-state index in [-0.39, 0.29) is 5.56 Å². The van der Waals surface area contributed by atoms with Gasteiger partial charge in [0, 0.05) is 10.4 Å². The van der Waals surface area contributed by atoms with Gasteiger partial charge < -0.3 is 16.2 Å². The molecule has 1 aromatic carbocycles. The molecule has 1 heterocycles. The van der Waals surface area contributed by atoms with Gasteiger partial charge in [-0.25, -0.2) is 0 Å². The molecule has 1 aromatic heterocycles. The van der Waals surface area contributed by atoms with E-state index in [0.29, 0.717) is 23.4 Å². The first-order valence-corrected chi connectivity index (χ1v) is 10.6. The van der Waals surface area contributed by atoms with E-state index in [2.05, 4.69) is 5.32 Å². The average molecular weight is 427 g/mol. The van der Waals surface area contributed by atoms with Crippen LogP contribution in [0.1, 0.15) is 47.5 Å². The first kappa shape index (κ1) is 21.8. The van der Waals surface area contributed by atoms with Crippen LogP contribution < -0.4 is 11.1 Å². The second-order valence-corrected chi connectivity index (χ2v) is 9.20. The van der Waals surface area contributed by atoms with Gasteiger partial charge in [0.05, 0.1) is 17.4 Å². The van der Waals surface area contributed by atoms with Crippen LogP contribution in [-0.2, 0) is 9.59 Å². The molecule has 1 aliphatic carbocycles. The van der Waals surface area contributed by atoms with Crippen molar-refractivity contribution in [1.82, 2.24) is 0 Å². The number of allylic oxidation sites excluding steroid dienone is 2. The number of carbonyl (C=O) groups excluding carboxylic acids is 2. The second kappa shape index (κ2) is 8.44. The summed E-state index contributed by atoms with van der Waals surface area (Å²) in [4.78, 5) is 38.0. The van der Waals surface area contributed by atoms with Crippen LogP contribution in [-0.4, -0.2) is 22.9 Å². The number of nitrogens with two attached hydrogens (primary N) is 1. The SMILES string of the molecule is CC1=C(C)C[C@H](C(=O)Nc2sc(C)c(-c3ccc(C)cc3)c2C(N)=O)[C@@H](C(=O)O)C1. The Morgan fingerprint density at radius 1 is 1.00 bits per heavy atom. The van der Waals surface area contributed by atoms with Crippen LogP contribution in [0.4, 0.5) is 5.00 Å². The highest BCUT2D eigenvalue weighted by atomic mass is 32.1. The highest BCUT2D eigenvalue weighted by Gasteiger charge is 2.38. The van der Waals surface area contributed by atoms with Crippen LogP contribution in [0.2, 0.25) is 0 Å². The van der Waals surface area contributed by atoms with E-state index in [1.807, 2.05) is 52.0 Å². The van der Waals surface area contributed by atoms with E-state index in [1.54, 1.807) is 0 Å². The molecule has 0 radical (unpaired) electrons.